The first-order chi connectivity index (χ1) is 16.5. The smallest absolute Gasteiger partial charge is 0.167 e. The number of benzene rings is 2. The normalized spacial score (nSPS) is 23.5. The van der Waals surface area contributed by atoms with E-state index in [1.165, 1.54) is 17.2 Å². The first-order valence-corrected chi connectivity index (χ1v) is 10.8. The molecule has 5 N–H and O–H groups in total. The molecule has 5 atom stereocenters. The summed E-state index contributed by atoms with van der Waals surface area (Å²) >= 11 is 0. The first-order valence-electron chi connectivity index (χ1n) is 10.8. The number of hydrogen-bond acceptors (Lipinski definition) is 10. The Bertz CT molecular complexity index is 1280. The number of hydrogen-bond donors (Lipinski definition) is 4. The van der Waals surface area contributed by atoms with Gasteiger partial charge in [0.2, 0.25) is 0 Å². The summed E-state index contributed by atoms with van der Waals surface area (Å²) in [6.07, 6.45) is -2.36. The minimum absolute atomic E-state index is 0.0319. The number of nitrogens with two attached hydrogens (primary N) is 1. The zero-order valence-corrected chi connectivity index (χ0v) is 18.1. The van der Waals surface area contributed by atoms with Crippen LogP contribution in [0.4, 0.5) is 5.82 Å². The van der Waals surface area contributed by atoms with Crippen molar-refractivity contribution in [2.75, 3.05) is 25.6 Å². The van der Waals surface area contributed by atoms with Crippen LogP contribution in [0.25, 0.3) is 21.9 Å². The van der Waals surface area contributed by atoms with E-state index in [9.17, 15) is 15.3 Å². The predicted molar refractivity (Wildman–Crippen MR) is 122 cm³/mol. The van der Waals surface area contributed by atoms with E-state index in [0.717, 1.165) is 10.8 Å². The lowest BCUT2D eigenvalue weighted by Gasteiger charge is -2.17. The number of ether oxygens (including phenoxy) is 3. The summed E-state index contributed by atoms with van der Waals surface area (Å²) in [4.78, 5) is 12.2. The van der Waals surface area contributed by atoms with Crippen LogP contribution in [0.15, 0.2) is 55.1 Å². The summed E-state index contributed by atoms with van der Waals surface area (Å²) < 4.78 is 18.6. The fourth-order valence-electron chi connectivity index (χ4n) is 4.03. The number of imidazole rings is 1. The lowest BCUT2D eigenvalue weighted by Crippen LogP contribution is -2.35. The van der Waals surface area contributed by atoms with Crippen LogP contribution in [-0.4, -0.2) is 79.1 Å². The van der Waals surface area contributed by atoms with Crippen molar-refractivity contribution in [2.45, 2.75) is 30.6 Å². The number of aromatic nitrogens is 4. The van der Waals surface area contributed by atoms with E-state index in [4.69, 9.17) is 19.9 Å². The lowest BCUT2D eigenvalue weighted by atomic mass is 10.1. The molecule has 0 saturated carbocycles. The van der Waals surface area contributed by atoms with Gasteiger partial charge in [-0.15, -0.1) is 0 Å². The summed E-state index contributed by atoms with van der Waals surface area (Å²) in [6.45, 7) is -0.0326. The minimum atomic E-state index is -1.23. The highest BCUT2D eigenvalue weighted by Gasteiger charge is 2.44. The van der Waals surface area contributed by atoms with Gasteiger partial charge in [0.25, 0.3) is 0 Å². The number of aliphatic hydroxyl groups is 3. The van der Waals surface area contributed by atoms with Gasteiger partial charge in [0, 0.05) is 5.39 Å². The maximum absolute atomic E-state index is 10.5. The van der Waals surface area contributed by atoms with Crippen molar-refractivity contribution < 1.29 is 29.5 Å². The molecule has 3 heterocycles. The zero-order chi connectivity index (χ0) is 23.7. The Hall–Kier alpha value is -3.35. The molecule has 0 spiro atoms. The molecule has 1 aliphatic rings. The molecule has 11 nitrogen and oxygen atoms in total. The summed E-state index contributed by atoms with van der Waals surface area (Å²) in [5, 5.41) is 33.2. The van der Waals surface area contributed by atoms with Crippen molar-refractivity contribution in [3.05, 3.63) is 55.1 Å². The van der Waals surface area contributed by atoms with Crippen molar-refractivity contribution in [2.24, 2.45) is 0 Å². The molecule has 178 valence electrons. The molecular weight excluding hydrogens is 442 g/mol. The molecule has 1 saturated heterocycles. The van der Waals surface area contributed by atoms with E-state index in [-0.39, 0.29) is 25.6 Å². The largest absolute Gasteiger partial charge is 0.490 e. The van der Waals surface area contributed by atoms with Crippen molar-refractivity contribution in [1.29, 1.82) is 0 Å². The molecular formula is C23H25N5O6. The Morgan fingerprint density at radius 3 is 2.74 bits per heavy atom. The molecule has 0 bridgehead atoms. The van der Waals surface area contributed by atoms with Crippen LogP contribution in [0.5, 0.6) is 5.75 Å². The Morgan fingerprint density at radius 1 is 1.03 bits per heavy atom. The fraction of sp³-hybridized carbons (Fsp3) is 0.348. The SMILES string of the molecule is Nc1ncnc2c1ncn2[C@@H]1O[C@H](COC[C@@H](O)COc2cccc3ccccc23)[C@@H](O)[C@H]1O. The van der Waals surface area contributed by atoms with E-state index in [1.54, 1.807) is 0 Å². The second-order valence-corrected chi connectivity index (χ2v) is 8.11. The average Bonchev–Trinajstić information content (AvgIpc) is 3.40. The van der Waals surface area contributed by atoms with Gasteiger partial charge < -0.3 is 35.3 Å². The molecule has 2 aromatic carbocycles. The molecule has 0 aliphatic carbocycles. The summed E-state index contributed by atoms with van der Waals surface area (Å²) in [5.41, 5.74) is 6.56. The first kappa shape index (κ1) is 22.4. The van der Waals surface area contributed by atoms with E-state index < -0.39 is 30.6 Å². The second kappa shape index (κ2) is 9.49. The Morgan fingerprint density at radius 2 is 1.85 bits per heavy atom. The molecule has 5 rings (SSSR count). The number of aliphatic hydroxyl groups excluding tert-OH is 3. The molecule has 11 heteroatoms. The number of anilines is 1. The molecule has 0 amide bonds. The third-order valence-corrected chi connectivity index (χ3v) is 5.77. The van der Waals surface area contributed by atoms with Gasteiger partial charge in [0.1, 0.15) is 48.6 Å². The minimum Gasteiger partial charge on any atom is -0.490 e. The zero-order valence-electron chi connectivity index (χ0n) is 18.1. The van der Waals surface area contributed by atoms with Gasteiger partial charge in [-0.2, -0.15) is 0 Å². The van der Waals surface area contributed by atoms with E-state index in [2.05, 4.69) is 15.0 Å². The third-order valence-electron chi connectivity index (χ3n) is 5.77. The predicted octanol–water partition coefficient (Wildman–Crippen LogP) is 0.637. The monoisotopic (exact) mass is 467 g/mol. The summed E-state index contributed by atoms with van der Waals surface area (Å²) in [6, 6.07) is 13.6. The van der Waals surface area contributed by atoms with Gasteiger partial charge in [-0.3, -0.25) is 4.57 Å². The molecule has 0 unspecified atom stereocenters. The highest BCUT2D eigenvalue weighted by atomic mass is 16.6. The van der Waals surface area contributed by atoms with Crippen LogP contribution in [-0.2, 0) is 9.47 Å². The van der Waals surface area contributed by atoms with E-state index in [0.29, 0.717) is 16.9 Å². The third kappa shape index (κ3) is 4.27. The highest BCUT2D eigenvalue weighted by Crippen LogP contribution is 2.32. The quantitative estimate of drug-likeness (QED) is 0.290. The molecule has 4 aromatic rings. The topological polar surface area (TPSA) is 158 Å². The van der Waals surface area contributed by atoms with Crippen molar-refractivity contribution in [3.63, 3.8) is 0 Å². The van der Waals surface area contributed by atoms with Gasteiger partial charge in [-0.25, -0.2) is 15.0 Å². The number of fused-ring (bicyclic) bond motifs is 2. The fourth-order valence-corrected chi connectivity index (χ4v) is 4.03. The maximum Gasteiger partial charge on any atom is 0.167 e. The van der Waals surface area contributed by atoms with Crippen molar-refractivity contribution in [3.8, 4) is 5.75 Å². The molecule has 1 aliphatic heterocycles. The standard InChI is InChI=1S/C23H25N5O6/c24-21-18-22(26-11-25-21)28(12-27-18)23-20(31)19(30)17(34-23)10-32-8-14(29)9-33-16-7-3-5-13-4-1-2-6-15(13)16/h1-7,11-12,14,17,19-20,23,29-31H,8-10H2,(H2,24,25,26)/t14-,17-,19-,20-,23-/m1/s1. The van der Waals surface area contributed by atoms with Gasteiger partial charge in [-0.05, 0) is 11.5 Å². The molecule has 2 aromatic heterocycles. The number of rotatable bonds is 8. The van der Waals surface area contributed by atoms with Crippen LogP contribution in [0, 0.1) is 0 Å². The van der Waals surface area contributed by atoms with Gasteiger partial charge in [0.15, 0.2) is 17.7 Å². The van der Waals surface area contributed by atoms with Crippen LogP contribution in [0.3, 0.4) is 0 Å². The molecule has 0 radical (unpaired) electrons. The molecule has 34 heavy (non-hydrogen) atoms. The van der Waals surface area contributed by atoms with Gasteiger partial charge in [0.05, 0.1) is 19.5 Å². The van der Waals surface area contributed by atoms with Crippen molar-refractivity contribution in [1.82, 2.24) is 19.5 Å². The lowest BCUT2D eigenvalue weighted by molar-refractivity contribution is -0.0786. The Labute approximate surface area is 194 Å². The average molecular weight is 467 g/mol. The Kier molecular flexibility index (Phi) is 6.26. The number of nitrogens with zero attached hydrogens (tertiary/aromatic N) is 4. The van der Waals surface area contributed by atoms with Crippen LogP contribution >= 0.6 is 0 Å². The van der Waals surface area contributed by atoms with E-state index >= 15 is 0 Å². The molecule has 1 fully saturated rings. The van der Waals surface area contributed by atoms with Crippen LogP contribution in [0.2, 0.25) is 0 Å². The summed E-state index contributed by atoms with van der Waals surface area (Å²) in [5.74, 6) is 0.881. The number of nitrogen functional groups attached to an aromatic ring is 1. The highest BCUT2D eigenvalue weighted by molar-refractivity contribution is 5.88. The van der Waals surface area contributed by atoms with Gasteiger partial charge >= 0.3 is 0 Å². The van der Waals surface area contributed by atoms with Crippen LogP contribution in [0.1, 0.15) is 6.23 Å². The second-order valence-electron chi connectivity index (χ2n) is 8.11. The maximum atomic E-state index is 10.5. The van der Waals surface area contributed by atoms with Crippen molar-refractivity contribution >= 4 is 27.8 Å². The van der Waals surface area contributed by atoms with E-state index in [1.807, 2.05) is 42.5 Å². The van der Waals surface area contributed by atoms with Gasteiger partial charge in [-0.1, -0.05) is 36.4 Å². The van der Waals surface area contributed by atoms with Crippen LogP contribution < -0.4 is 10.5 Å². The summed E-state index contributed by atoms with van der Waals surface area (Å²) in [7, 11) is 0. The Balaban J connectivity index is 1.15.